The minimum absolute atomic E-state index is 0.126. The van der Waals surface area contributed by atoms with Crippen LogP contribution in [0.4, 0.5) is 0 Å². The van der Waals surface area contributed by atoms with E-state index in [2.05, 4.69) is 141 Å². The molecule has 1 atom stereocenters. The molecule has 1 unspecified atom stereocenters. The Morgan fingerprint density at radius 2 is 1.23 bits per heavy atom. The van der Waals surface area contributed by atoms with Gasteiger partial charge in [-0.15, -0.1) is 0 Å². The predicted molar refractivity (Wildman–Crippen MR) is 194 cm³/mol. The fraction of sp³-hybridized carbons (Fsp3) is 0.0444. The molecule has 0 amide bonds. The summed E-state index contributed by atoms with van der Waals surface area (Å²) >= 11 is 0. The summed E-state index contributed by atoms with van der Waals surface area (Å²) in [7, 11) is 0. The van der Waals surface area contributed by atoms with Crippen molar-refractivity contribution in [3.05, 3.63) is 222 Å². The average molecular weight is 604 g/mol. The van der Waals surface area contributed by atoms with Crippen LogP contribution in [0.5, 0.6) is 0 Å². The van der Waals surface area contributed by atoms with Gasteiger partial charge in [-0.2, -0.15) is 0 Å². The molecule has 6 aromatic carbocycles. The highest BCUT2D eigenvalue weighted by molar-refractivity contribution is 5.87. The number of hydrogen-bond acceptors (Lipinski definition) is 2. The van der Waals surface area contributed by atoms with E-state index in [-0.39, 0.29) is 5.92 Å². The van der Waals surface area contributed by atoms with Gasteiger partial charge in [-0.3, -0.25) is 0 Å². The summed E-state index contributed by atoms with van der Waals surface area (Å²) in [5.74, 6) is 0.490. The SMILES string of the molecule is C=C/C=C\C(=C)C(c1ccc2c(c1)C(c1ccccc1)(c1ccccc1)c1ccccc1-2)c1ccc2nc(-c3ccccc3)oc2c1. The fourth-order valence-corrected chi connectivity index (χ4v) is 7.38. The van der Waals surface area contributed by atoms with E-state index in [9.17, 15) is 0 Å². The van der Waals surface area contributed by atoms with Gasteiger partial charge >= 0.3 is 0 Å². The summed E-state index contributed by atoms with van der Waals surface area (Å²) in [6.45, 7) is 8.50. The molecule has 47 heavy (non-hydrogen) atoms. The quantitative estimate of drug-likeness (QED) is 0.162. The number of fused-ring (bicyclic) bond motifs is 4. The van der Waals surface area contributed by atoms with E-state index in [1.807, 2.05) is 36.4 Å². The van der Waals surface area contributed by atoms with Crippen molar-refractivity contribution < 1.29 is 4.42 Å². The first-order valence-electron chi connectivity index (χ1n) is 16.0. The fourth-order valence-electron chi connectivity index (χ4n) is 7.38. The zero-order valence-electron chi connectivity index (χ0n) is 26.0. The highest BCUT2D eigenvalue weighted by Gasteiger charge is 2.46. The van der Waals surface area contributed by atoms with Crippen molar-refractivity contribution in [1.82, 2.24) is 4.98 Å². The van der Waals surface area contributed by atoms with E-state index in [1.165, 1.54) is 33.4 Å². The molecule has 0 fully saturated rings. The Balaban J connectivity index is 1.35. The van der Waals surface area contributed by atoms with Crippen LogP contribution in [0.15, 0.2) is 193 Å². The van der Waals surface area contributed by atoms with Crippen LogP contribution in [-0.4, -0.2) is 4.98 Å². The van der Waals surface area contributed by atoms with Crippen molar-refractivity contribution in [2.75, 3.05) is 0 Å². The van der Waals surface area contributed by atoms with Crippen LogP contribution in [0.3, 0.4) is 0 Å². The van der Waals surface area contributed by atoms with Crippen molar-refractivity contribution in [2.24, 2.45) is 0 Å². The lowest BCUT2D eigenvalue weighted by Crippen LogP contribution is -2.28. The molecule has 1 aliphatic rings. The van der Waals surface area contributed by atoms with Crippen LogP contribution in [0.1, 0.15) is 39.3 Å². The van der Waals surface area contributed by atoms with Crippen molar-refractivity contribution >= 4 is 11.1 Å². The molecule has 7 aromatic rings. The average Bonchev–Trinajstić information content (AvgIpc) is 3.69. The topological polar surface area (TPSA) is 26.0 Å². The van der Waals surface area contributed by atoms with Crippen LogP contribution in [0, 0.1) is 0 Å². The van der Waals surface area contributed by atoms with Gasteiger partial charge in [0.05, 0.1) is 5.41 Å². The lowest BCUT2D eigenvalue weighted by Gasteiger charge is -2.34. The summed E-state index contributed by atoms with van der Waals surface area (Å²) < 4.78 is 6.33. The summed E-state index contributed by atoms with van der Waals surface area (Å²) in [6, 6.07) is 54.0. The lowest BCUT2D eigenvalue weighted by atomic mass is 9.67. The maximum atomic E-state index is 6.33. The second kappa shape index (κ2) is 11.7. The Morgan fingerprint density at radius 1 is 0.638 bits per heavy atom. The number of aromatic nitrogens is 1. The molecular formula is C45H33NO. The molecule has 0 saturated carbocycles. The van der Waals surface area contributed by atoms with Crippen molar-refractivity contribution in [3.8, 4) is 22.6 Å². The second-order valence-electron chi connectivity index (χ2n) is 12.0. The van der Waals surface area contributed by atoms with Crippen LogP contribution in [0.2, 0.25) is 0 Å². The third-order valence-electron chi connectivity index (χ3n) is 9.40. The normalized spacial score (nSPS) is 13.7. The number of hydrogen-bond donors (Lipinski definition) is 0. The van der Waals surface area contributed by atoms with Crippen molar-refractivity contribution in [3.63, 3.8) is 0 Å². The first-order chi connectivity index (χ1) is 23.2. The Bertz CT molecular complexity index is 2240. The van der Waals surface area contributed by atoms with E-state index >= 15 is 0 Å². The molecule has 0 bridgehead atoms. The molecule has 8 rings (SSSR count). The molecular weight excluding hydrogens is 571 g/mol. The number of benzene rings is 6. The van der Waals surface area contributed by atoms with Gasteiger partial charge in [-0.25, -0.2) is 4.98 Å². The lowest BCUT2D eigenvalue weighted by molar-refractivity contribution is 0.619. The van der Waals surface area contributed by atoms with Gasteiger partial charge in [0.25, 0.3) is 0 Å². The molecule has 0 spiro atoms. The number of allylic oxidation sites excluding steroid dienone is 4. The van der Waals surface area contributed by atoms with E-state index in [1.54, 1.807) is 6.08 Å². The smallest absolute Gasteiger partial charge is 0.227 e. The van der Waals surface area contributed by atoms with Crippen LogP contribution in [0.25, 0.3) is 33.7 Å². The van der Waals surface area contributed by atoms with Gasteiger partial charge in [0.15, 0.2) is 5.58 Å². The highest BCUT2D eigenvalue weighted by atomic mass is 16.3. The number of nitrogens with zero attached hydrogens (tertiary/aromatic N) is 1. The van der Waals surface area contributed by atoms with E-state index < -0.39 is 5.41 Å². The molecule has 0 N–H and O–H groups in total. The number of rotatable bonds is 8. The van der Waals surface area contributed by atoms with Gasteiger partial charge in [0, 0.05) is 11.5 Å². The van der Waals surface area contributed by atoms with E-state index in [0.717, 1.165) is 33.4 Å². The molecule has 0 aliphatic heterocycles. The minimum Gasteiger partial charge on any atom is -0.436 e. The zero-order valence-corrected chi connectivity index (χ0v) is 26.0. The minimum atomic E-state index is -0.479. The van der Waals surface area contributed by atoms with Gasteiger partial charge in [0.2, 0.25) is 5.89 Å². The molecule has 2 nitrogen and oxygen atoms in total. The molecule has 0 saturated heterocycles. The Hall–Kier alpha value is -5.99. The molecule has 1 aliphatic carbocycles. The molecule has 1 aromatic heterocycles. The first kappa shape index (κ1) is 28.5. The summed E-state index contributed by atoms with van der Waals surface area (Å²) in [6.07, 6.45) is 5.81. The van der Waals surface area contributed by atoms with Crippen molar-refractivity contribution in [1.29, 1.82) is 0 Å². The van der Waals surface area contributed by atoms with Crippen molar-refractivity contribution in [2.45, 2.75) is 11.3 Å². The maximum Gasteiger partial charge on any atom is 0.227 e. The third-order valence-corrected chi connectivity index (χ3v) is 9.40. The molecule has 0 radical (unpaired) electrons. The van der Waals surface area contributed by atoms with Gasteiger partial charge < -0.3 is 4.42 Å². The van der Waals surface area contributed by atoms with Crippen LogP contribution in [-0.2, 0) is 5.41 Å². The van der Waals surface area contributed by atoms with Crippen LogP contribution < -0.4 is 0 Å². The maximum absolute atomic E-state index is 6.33. The second-order valence-corrected chi connectivity index (χ2v) is 12.0. The van der Waals surface area contributed by atoms with E-state index in [4.69, 9.17) is 9.40 Å². The zero-order chi connectivity index (χ0) is 31.8. The third kappa shape index (κ3) is 4.69. The molecule has 224 valence electrons. The largest absolute Gasteiger partial charge is 0.436 e. The summed E-state index contributed by atoms with van der Waals surface area (Å²) in [5.41, 5.74) is 12.8. The predicted octanol–water partition coefficient (Wildman–Crippen LogP) is 11.3. The van der Waals surface area contributed by atoms with Crippen LogP contribution >= 0.6 is 0 Å². The molecule has 2 heteroatoms. The Kier molecular flexibility index (Phi) is 7.12. The van der Waals surface area contributed by atoms with Gasteiger partial charge in [0.1, 0.15) is 5.52 Å². The van der Waals surface area contributed by atoms with Gasteiger partial charge in [-0.05, 0) is 74.3 Å². The standard InChI is InChI=1S/C45H33NO/c1-3-4-16-31(2)43(34-26-28-41-42(30-34)47-44(46-41)32-17-8-5-9-18-32)33-25-27-38-37-23-14-15-24-39(37)45(40(38)29-33,35-19-10-6-11-20-35)36-21-12-7-13-22-36/h3-30,43H,1-2H2/b16-4-. The van der Waals surface area contributed by atoms with E-state index in [0.29, 0.717) is 5.89 Å². The Labute approximate surface area is 275 Å². The highest BCUT2D eigenvalue weighted by Crippen LogP contribution is 2.56. The first-order valence-corrected chi connectivity index (χ1v) is 16.0. The summed E-state index contributed by atoms with van der Waals surface area (Å²) in [5, 5.41) is 0. The van der Waals surface area contributed by atoms with Gasteiger partial charge in [-0.1, -0.05) is 159 Å². The monoisotopic (exact) mass is 603 g/mol. The Morgan fingerprint density at radius 3 is 1.94 bits per heavy atom. The number of oxazole rings is 1. The summed E-state index contributed by atoms with van der Waals surface area (Å²) in [4.78, 5) is 4.79. The molecule has 1 heterocycles.